The van der Waals surface area contributed by atoms with Crippen molar-refractivity contribution < 1.29 is 9.32 Å². The molecule has 28 heavy (non-hydrogen) atoms. The molecule has 0 N–H and O–H groups in total. The van der Waals surface area contributed by atoms with Crippen LogP contribution in [-0.2, 0) is 17.9 Å². The summed E-state index contributed by atoms with van der Waals surface area (Å²) in [6.07, 6.45) is 2.85. The lowest BCUT2D eigenvalue weighted by Crippen LogP contribution is -2.37. The second-order valence-corrected chi connectivity index (χ2v) is 8.14. The quantitative estimate of drug-likeness (QED) is 0.660. The summed E-state index contributed by atoms with van der Waals surface area (Å²) in [5, 5.41) is 10.6. The summed E-state index contributed by atoms with van der Waals surface area (Å²) in [5.41, 5.74) is 3.04. The summed E-state index contributed by atoms with van der Waals surface area (Å²) in [6.45, 7) is 8.40. The largest absolute Gasteiger partial charge is 0.361 e. The van der Waals surface area contributed by atoms with Gasteiger partial charge in [-0.05, 0) is 37.8 Å². The first-order chi connectivity index (χ1) is 13.6. The van der Waals surface area contributed by atoms with Gasteiger partial charge in [-0.2, -0.15) is 5.10 Å². The summed E-state index contributed by atoms with van der Waals surface area (Å²) in [6, 6.07) is 6.02. The molecule has 0 unspecified atom stereocenters. The normalized spacial score (nSPS) is 15.7. The predicted octanol–water partition coefficient (Wildman–Crippen LogP) is 2.95. The van der Waals surface area contributed by atoms with Crippen molar-refractivity contribution >= 4 is 17.2 Å². The first-order valence-electron chi connectivity index (χ1n) is 9.59. The molecule has 4 rings (SSSR count). The van der Waals surface area contributed by atoms with E-state index in [-0.39, 0.29) is 12.5 Å². The fourth-order valence-electron chi connectivity index (χ4n) is 3.57. The zero-order valence-corrected chi connectivity index (χ0v) is 17.1. The van der Waals surface area contributed by atoms with Gasteiger partial charge >= 0.3 is 0 Å². The van der Waals surface area contributed by atoms with Crippen LogP contribution in [0.1, 0.15) is 23.4 Å². The fourth-order valence-corrected chi connectivity index (χ4v) is 4.26. The van der Waals surface area contributed by atoms with Crippen LogP contribution in [-0.4, -0.2) is 56.8 Å². The average molecular weight is 400 g/mol. The molecule has 0 saturated carbocycles. The van der Waals surface area contributed by atoms with Gasteiger partial charge in [0.15, 0.2) is 0 Å². The van der Waals surface area contributed by atoms with Crippen LogP contribution in [0.4, 0.5) is 0 Å². The van der Waals surface area contributed by atoms with E-state index >= 15 is 0 Å². The number of amides is 1. The van der Waals surface area contributed by atoms with Crippen molar-refractivity contribution in [2.45, 2.75) is 33.4 Å². The Bertz CT molecular complexity index is 911. The standard InChI is InChI=1S/C20H25N5O2S/c1-15-17(16(2)27-22-15)13-23-7-4-8-24(11-10-23)20(26)14-25-9-6-18(21-25)19-5-3-12-28-19/h3,5-6,9,12H,4,7-8,10-11,13-14H2,1-2H3. The van der Waals surface area contributed by atoms with Gasteiger partial charge in [-0.25, -0.2) is 0 Å². The lowest BCUT2D eigenvalue weighted by Gasteiger charge is -2.22. The molecule has 1 aliphatic rings. The zero-order valence-electron chi connectivity index (χ0n) is 16.3. The molecule has 0 atom stereocenters. The van der Waals surface area contributed by atoms with Crippen LogP contribution >= 0.6 is 11.3 Å². The SMILES string of the molecule is Cc1noc(C)c1CN1CCCN(C(=O)Cn2ccc(-c3cccs3)n2)CC1. The van der Waals surface area contributed by atoms with Crippen molar-refractivity contribution in [3.05, 3.63) is 46.8 Å². The van der Waals surface area contributed by atoms with E-state index in [0.29, 0.717) is 0 Å². The molecule has 1 amide bonds. The molecule has 0 aromatic carbocycles. The summed E-state index contributed by atoms with van der Waals surface area (Å²) in [7, 11) is 0. The van der Waals surface area contributed by atoms with Crippen LogP contribution in [0, 0.1) is 13.8 Å². The predicted molar refractivity (Wildman–Crippen MR) is 108 cm³/mol. The van der Waals surface area contributed by atoms with Gasteiger partial charge in [0.25, 0.3) is 0 Å². The zero-order chi connectivity index (χ0) is 19.5. The Balaban J connectivity index is 1.33. The molecule has 1 fully saturated rings. The second kappa shape index (κ2) is 8.28. The van der Waals surface area contributed by atoms with Crippen molar-refractivity contribution in [2.75, 3.05) is 26.2 Å². The van der Waals surface area contributed by atoms with E-state index in [4.69, 9.17) is 4.52 Å². The summed E-state index contributed by atoms with van der Waals surface area (Å²) in [5.74, 6) is 1.01. The monoisotopic (exact) mass is 399 g/mol. The van der Waals surface area contributed by atoms with Gasteiger partial charge in [-0.1, -0.05) is 11.2 Å². The molecule has 1 saturated heterocycles. The highest BCUT2D eigenvalue weighted by Crippen LogP contribution is 2.22. The number of aromatic nitrogens is 3. The van der Waals surface area contributed by atoms with Crippen LogP contribution in [0.3, 0.4) is 0 Å². The maximum absolute atomic E-state index is 12.8. The summed E-state index contributed by atoms with van der Waals surface area (Å²) < 4.78 is 7.01. The van der Waals surface area contributed by atoms with E-state index in [1.54, 1.807) is 16.0 Å². The van der Waals surface area contributed by atoms with E-state index in [1.807, 2.05) is 48.5 Å². The van der Waals surface area contributed by atoms with E-state index < -0.39 is 0 Å². The Hall–Kier alpha value is -2.45. The molecule has 7 nitrogen and oxygen atoms in total. The van der Waals surface area contributed by atoms with E-state index in [1.165, 1.54) is 0 Å². The molecule has 148 valence electrons. The van der Waals surface area contributed by atoms with Crippen molar-refractivity contribution in [2.24, 2.45) is 0 Å². The Labute approximate surface area is 168 Å². The van der Waals surface area contributed by atoms with Gasteiger partial charge in [0, 0.05) is 44.5 Å². The second-order valence-electron chi connectivity index (χ2n) is 7.19. The number of nitrogens with zero attached hydrogens (tertiary/aromatic N) is 5. The van der Waals surface area contributed by atoms with Gasteiger partial charge < -0.3 is 9.42 Å². The topological polar surface area (TPSA) is 67.4 Å². The number of carbonyl (C=O) groups excluding carboxylic acids is 1. The number of carbonyl (C=O) groups is 1. The Morgan fingerprint density at radius 1 is 1.21 bits per heavy atom. The Kier molecular flexibility index (Phi) is 5.59. The van der Waals surface area contributed by atoms with Crippen LogP contribution < -0.4 is 0 Å². The molecule has 1 aliphatic heterocycles. The van der Waals surface area contributed by atoms with E-state index in [9.17, 15) is 4.79 Å². The van der Waals surface area contributed by atoms with Crippen LogP contribution in [0.25, 0.3) is 10.6 Å². The summed E-state index contributed by atoms with van der Waals surface area (Å²) >= 11 is 1.65. The molecule has 4 heterocycles. The number of hydrogen-bond acceptors (Lipinski definition) is 6. The Morgan fingerprint density at radius 3 is 2.86 bits per heavy atom. The minimum atomic E-state index is 0.125. The molecular formula is C20H25N5O2S. The maximum atomic E-state index is 12.8. The third-order valence-corrected chi connectivity index (χ3v) is 6.11. The van der Waals surface area contributed by atoms with E-state index in [2.05, 4.69) is 15.2 Å². The van der Waals surface area contributed by atoms with Crippen LogP contribution in [0.5, 0.6) is 0 Å². The summed E-state index contributed by atoms with van der Waals surface area (Å²) in [4.78, 5) is 18.2. The first kappa shape index (κ1) is 18.9. The molecule has 0 spiro atoms. The van der Waals surface area contributed by atoms with Gasteiger partial charge in [0.2, 0.25) is 5.91 Å². The minimum Gasteiger partial charge on any atom is -0.361 e. The fraction of sp³-hybridized carbons (Fsp3) is 0.450. The van der Waals surface area contributed by atoms with Gasteiger partial charge in [-0.15, -0.1) is 11.3 Å². The highest BCUT2D eigenvalue weighted by molar-refractivity contribution is 7.13. The van der Waals surface area contributed by atoms with Crippen molar-refractivity contribution in [3.8, 4) is 10.6 Å². The van der Waals surface area contributed by atoms with Crippen molar-refractivity contribution in [1.29, 1.82) is 0 Å². The maximum Gasteiger partial charge on any atom is 0.244 e. The minimum absolute atomic E-state index is 0.125. The molecule has 8 heteroatoms. The van der Waals surface area contributed by atoms with Gasteiger partial charge in [-0.3, -0.25) is 14.4 Å². The number of aryl methyl sites for hydroxylation is 2. The van der Waals surface area contributed by atoms with E-state index in [0.717, 1.165) is 66.7 Å². The third kappa shape index (κ3) is 4.18. The van der Waals surface area contributed by atoms with Gasteiger partial charge in [0.1, 0.15) is 18.0 Å². The molecular weight excluding hydrogens is 374 g/mol. The Morgan fingerprint density at radius 2 is 2.11 bits per heavy atom. The van der Waals surface area contributed by atoms with Gasteiger partial charge in [0.05, 0.1) is 10.6 Å². The molecule has 0 aliphatic carbocycles. The lowest BCUT2D eigenvalue weighted by molar-refractivity contribution is -0.131. The number of hydrogen-bond donors (Lipinski definition) is 0. The number of rotatable bonds is 5. The van der Waals surface area contributed by atoms with Crippen LogP contribution in [0.2, 0.25) is 0 Å². The molecule has 0 bridgehead atoms. The highest BCUT2D eigenvalue weighted by Gasteiger charge is 2.21. The lowest BCUT2D eigenvalue weighted by atomic mass is 10.2. The molecule has 3 aromatic rings. The van der Waals surface area contributed by atoms with Crippen molar-refractivity contribution in [1.82, 2.24) is 24.7 Å². The smallest absolute Gasteiger partial charge is 0.244 e. The molecule has 3 aromatic heterocycles. The molecule has 0 radical (unpaired) electrons. The highest BCUT2D eigenvalue weighted by atomic mass is 32.1. The first-order valence-corrected chi connectivity index (χ1v) is 10.5. The van der Waals surface area contributed by atoms with Crippen LogP contribution in [0.15, 0.2) is 34.3 Å². The third-order valence-electron chi connectivity index (χ3n) is 5.22. The number of thiophene rings is 1. The average Bonchev–Trinajstić information content (AvgIpc) is 3.38. The van der Waals surface area contributed by atoms with Crippen molar-refractivity contribution in [3.63, 3.8) is 0 Å².